The van der Waals surface area contributed by atoms with Gasteiger partial charge in [-0.1, -0.05) is 48.5 Å². The predicted octanol–water partition coefficient (Wildman–Crippen LogP) is 2.54. The van der Waals surface area contributed by atoms with Crippen LogP contribution in [0.3, 0.4) is 0 Å². The van der Waals surface area contributed by atoms with E-state index in [-0.39, 0.29) is 43.9 Å². The number of alkyl carbamates (subject to hydrolysis) is 1. The van der Waals surface area contributed by atoms with Crippen LogP contribution in [0.4, 0.5) is 4.79 Å². The molecule has 2 aromatic rings. The van der Waals surface area contributed by atoms with Crippen LogP contribution >= 0.6 is 0 Å². The van der Waals surface area contributed by atoms with Crippen LogP contribution in [0.1, 0.15) is 29.9 Å². The van der Waals surface area contributed by atoms with Crippen molar-refractivity contribution in [3.63, 3.8) is 0 Å². The number of carboxylic acids is 1. The second kappa shape index (κ2) is 11.3. The molecular formula is C26H30N2O7. The molecule has 186 valence electrons. The number of hydrogen-bond acceptors (Lipinski definition) is 6. The molecule has 1 aliphatic carbocycles. The van der Waals surface area contributed by atoms with Crippen LogP contribution in [0, 0.1) is 5.92 Å². The molecule has 0 aromatic heterocycles. The highest BCUT2D eigenvalue weighted by Gasteiger charge is 2.34. The highest BCUT2D eigenvalue weighted by Crippen LogP contribution is 2.44. The first-order chi connectivity index (χ1) is 17.0. The summed E-state index contributed by atoms with van der Waals surface area (Å²) in [5.41, 5.74) is 4.57. The van der Waals surface area contributed by atoms with Gasteiger partial charge in [0, 0.05) is 38.6 Å². The normalized spacial score (nSPS) is 19.5. The Balaban J connectivity index is 1.22. The van der Waals surface area contributed by atoms with Crippen molar-refractivity contribution in [1.29, 1.82) is 0 Å². The average Bonchev–Trinajstić information content (AvgIpc) is 3.47. The van der Waals surface area contributed by atoms with E-state index in [1.165, 1.54) is 7.11 Å². The van der Waals surface area contributed by atoms with E-state index in [0.717, 1.165) is 22.3 Å². The minimum Gasteiger partial charge on any atom is -0.479 e. The average molecular weight is 483 g/mol. The van der Waals surface area contributed by atoms with Crippen molar-refractivity contribution in [1.82, 2.24) is 10.6 Å². The molecular weight excluding hydrogens is 452 g/mol. The predicted molar refractivity (Wildman–Crippen MR) is 127 cm³/mol. The molecule has 9 heteroatoms. The Morgan fingerprint density at radius 3 is 2.34 bits per heavy atom. The maximum absolute atomic E-state index is 12.4. The summed E-state index contributed by atoms with van der Waals surface area (Å²) in [6, 6.07) is 16.2. The number of benzene rings is 2. The van der Waals surface area contributed by atoms with E-state index in [1.807, 2.05) is 24.3 Å². The van der Waals surface area contributed by atoms with Crippen molar-refractivity contribution in [2.45, 2.75) is 31.0 Å². The van der Waals surface area contributed by atoms with Gasteiger partial charge in [0.15, 0.2) is 6.10 Å². The number of ether oxygens (including phenoxy) is 3. The number of carbonyl (C=O) groups excluding carboxylic acids is 2. The highest BCUT2D eigenvalue weighted by atomic mass is 16.5. The first-order valence-electron chi connectivity index (χ1n) is 11.7. The minimum atomic E-state index is -1.02. The van der Waals surface area contributed by atoms with Gasteiger partial charge in [0.05, 0.1) is 12.5 Å². The summed E-state index contributed by atoms with van der Waals surface area (Å²) in [6.07, 6.45) is -1.43. The third kappa shape index (κ3) is 5.80. The fourth-order valence-electron chi connectivity index (χ4n) is 4.73. The van der Waals surface area contributed by atoms with Crippen molar-refractivity contribution in [3.8, 4) is 11.1 Å². The molecule has 1 fully saturated rings. The Bertz CT molecular complexity index is 1030. The molecule has 1 aliphatic heterocycles. The highest BCUT2D eigenvalue weighted by molar-refractivity contribution is 5.79. The number of methoxy groups -OCH3 is 1. The number of carboxylic acid groups (broad SMARTS) is 1. The van der Waals surface area contributed by atoms with Crippen LogP contribution < -0.4 is 10.6 Å². The first kappa shape index (κ1) is 24.7. The Labute approximate surface area is 203 Å². The molecule has 1 unspecified atom stereocenters. The van der Waals surface area contributed by atoms with Gasteiger partial charge in [-0.25, -0.2) is 9.59 Å². The Hall–Kier alpha value is -3.43. The molecule has 0 radical (unpaired) electrons. The van der Waals surface area contributed by atoms with Gasteiger partial charge in [-0.15, -0.1) is 0 Å². The van der Waals surface area contributed by atoms with Gasteiger partial charge < -0.3 is 30.0 Å². The summed E-state index contributed by atoms with van der Waals surface area (Å²) in [5.74, 6) is -1.62. The van der Waals surface area contributed by atoms with Crippen LogP contribution in [0.2, 0.25) is 0 Å². The molecule has 3 N–H and O–H groups in total. The van der Waals surface area contributed by atoms with Crippen molar-refractivity contribution in [3.05, 3.63) is 59.7 Å². The van der Waals surface area contributed by atoms with E-state index >= 15 is 0 Å². The van der Waals surface area contributed by atoms with Crippen LogP contribution in [0.15, 0.2) is 48.5 Å². The lowest BCUT2D eigenvalue weighted by Gasteiger charge is -2.19. The van der Waals surface area contributed by atoms with Gasteiger partial charge in [-0.2, -0.15) is 0 Å². The lowest BCUT2D eigenvalue weighted by Crippen LogP contribution is -2.40. The van der Waals surface area contributed by atoms with E-state index in [0.29, 0.717) is 13.0 Å². The lowest BCUT2D eigenvalue weighted by molar-refractivity contribution is -0.149. The van der Waals surface area contributed by atoms with Gasteiger partial charge in [-0.05, 0) is 28.7 Å². The standard InChI is InChI=1S/C26H30N2O7/c1-33-17(12-23(29)27-13-16-10-11-34-24(16)25(30)31)14-28-26(32)35-15-22-20-8-4-2-6-18(20)19-7-3-5-9-21(19)22/h2-9,16-17,22,24H,10-15H2,1H3,(H,27,29)(H,28,32)(H,30,31)/t16-,17?,24-/m0/s1. The molecule has 35 heavy (non-hydrogen) atoms. The zero-order valence-corrected chi connectivity index (χ0v) is 19.6. The zero-order chi connectivity index (χ0) is 24.8. The number of hydrogen-bond donors (Lipinski definition) is 3. The van der Waals surface area contributed by atoms with Crippen molar-refractivity contribution < 1.29 is 33.7 Å². The lowest BCUT2D eigenvalue weighted by atomic mass is 9.98. The molecule has 3 atom stereocenters. The van der Waals surface area contributed by atoms with Gasteiger partial charge in [0.25, 0.3) is 0 Å². The summed E-state index contributed by atoms with van der Waals surface area (Å²) in [6.45, 7) is 0.880. The first-order valence-corrected chi connectivity index (χ1v) is 11.7. The quantitative estimate of drug-likeness (QED) is 0.476. The van der Waals surface area contributed by atoms with Gasteiger partial charge in [0.1, 0.15) is 6.61 Å². The van der Waals surface area contributed by atoms with E-state index < -0.39 is 24.3 Å². The number of amides is 2. The fraction of sp³-hybridized carbons (Fsp3) is 0.423. The molecule has 1 heterocycles. The summed E-state index contributed by atoms with van der Waals surface area (Å²) in [7, 11) is 1.46. The van der Waals surface area contributed by atoms with Crippen molar-refractivity contribution >= 4 is 18.0 Å². The molecule has 1 saturated heterocycles. The zero-order valence-electron chi connectivity index (χ0n) is 19.6. The van der Waals surface area contributed by atoms with E-state index in [2.05, 4.69) is 34.9 Å². The molecule has 9 nitrogen and oxygen atoms in total. The Morgan fingerprint density at radius 2 is 1.71 bits per heavy atom. The summed E-state index contributed by atoms with van der Waals surface area (Å²) in [5, 5.41) is 14.6. The van der Waals surface area contributed by atoms with Crippen LogP contribution in [0.5, 0.6) is 0 Å². The third-order valence-electron chi connectivity index (χ3n) is 6.58. The van der Waals surface area contributed by atoms with Crippen molar-refractivity contribution in [2.24, 2.45) is 5.92 Å². The second-order valence-electron chi connectivity index (χ2n) is 8.75. The Morgan fingerprint density at radius 1 is 1.06 bits per heavy atom. The van der Waals surface area contributed by atoms with Gasteiger partial charge in [0.2, 0.25) is 5.91 Å². The summed E-state index contributed by atoms with van der Waals surface area (Å²) in [4.78, 5) is 35.8. The molecule has 2 aliphatic rings. The molecule has 4 rings (SSSR count). The van der Waals surface area contributed by atoms with Crippen LogP contribution in [0.25, 0.3) is 11.1 Å². The number of rotatable bonds is 10. The third-order valence-corrected chi connectivity index (χ3v) is 6.58. The topological polar surface area (TPSA) is 123 Å². The molecule has 2 amide bonds. The molecule has 2 aromatic carbocycles. The number of nitrogens with one attached hydrogen (secondary N) is 2. The van der Waals surface area contributed by atoms with E-state index in [9.17, 15) is 14.4 Å². The Kier molecular flexibility index (Phi) is 7.99. The number of fused-ring (bicyclic) bond motifs is 3. The van der Waals surface area contributed by atoms with E-state index in [4.69, 9.17) is 19.3 Å². The second-order valence-corrected chi connectivity index (χ2v) is 8.75. The van der Waals surface area contributed by atoms with Crippen LogP contribution in [-0.2, 0) is 23.8 Å². The minimum absolute atomic E-state index is 0.0193. The monoisotopic (exact) mass is 482 g/mol. The van der Waals surface area contributed by atoms with Gasteiger partial charge in [-0.3, -0.25) is 4.79 Å². The summed E-state index contributed by atoms with van der Waals surface area (Å²) < 4.78 is 16.0. The number of carbonyl (C=O) groups is 3. The SMILES string of the molecule is COC(CNC(=O)OCC1c2ccccc2-c2ccccc21)CC(=O)NC[C@@H]1CCO[C@@H]1C(=O)O. The van der Waals surface area contributed by atoms with Crippen molar-refractivity contribution in [2.75, 3.05) is 33.4 Å². The molecule has 0 saturated carbocycles. The van der Waals surface area contributed by atoms with Gasteiger partial charge >= 0.3 is 12.1 Å². The fourth-order valence-corrected chi connectivity index (χ4v) is 4.73. The van der Waals surface area contributed by atoms with E-state index in [1.54, 1.807) is 0 Å². The maximum atomic E-state index is 12.4. The number of aliphatic carboxylic acids is 1. The smallest absolute Gasteiger partial charge is 0.407 e. The molecule has 0 spiro atoms. The molecule has 0 bridgehead atoms. The summed E-state index contributed by atoms with van der Waals surface area (Å²) >= 11 is 0. The largest absolute Gasteiger partial charge is 0.479 e. The maximum Gasteiger partial charge on any atom is 0.407 e. The van der Waals surface area contributed by atoms with Crippen LogP contribution in [-0.4, -0.2) is 68.7 Å².